The van der Waals surface area contributed by atoms with Crippen molar-refractivity contribution in [1.82, 2.24) is 10.3 Å². The highest BCUT2D eigenvalue weighted by molar-refractivity contribution is 7.99. The van der Waals surface area contributed by atoms with Gasteiger partial charge in [0.25, 0.3) is 0 Å². The van der Waals surface area contributed by atoms with Gasteiger partial charge in [-0.15, -0.1) is 0 Å². The summed E-state index contributed by atoms with van der Waals surface area (Å²) in [5, 5.41) is 3.50. The molecule has 3 heteroatoms. The van der Waals surface area contributed by atoms with Crippen molar-refractivity contribution >= 4 is 11.8 Å². The molecule has 84 valence electrons. The largest absolute Gasteiger partial charge is 0.310 e. The predicted octanol–water partition coefficient (Wildman–Crippen LogP) is 2.70. The Balaban J connectivity index is 2.14. The quantitative estimate of drug-likeness (QED) is 0.721. The third kappa shape index (κ3) is 5.80. The molecule has 0 bridgehead atoms. The molecule has 1 unspecified atom stereocenters. The van der Waals surface area contributed by atoms with Crippen LogP contribution in [0.25, 0.3) is 0 Å². The maximum atomic E-state index is 4.09. The predicted molar refractivity (Wildman–Crippen MR) is 68.2 cm³/mol. The van der Waals surface area contributed by atoms with Crippen LogP contribution in [-0.4, -0.2) is 22.5 Å². The molecule has 2 nitrogen and oxygen atoms in total. The van der Waals surface area contributed by atoms with Crippen molar-refractivity contribution in [1.29, 1.82) is 0 Å². The molecule has 0 saturated carbocycles. The molecule has 1 rings (SSSR count). The van der Waals surface area contributed by atoms with Crippen molar-refractivity contribution in [3.63, 3.8) is 0 Å². The van der Waals surface area contributed by atoms with E-state index in [1.54, 1.807) is 0 Å². The Morgan fingerprint density at radius 2 is 2.40 bits per heavy atom. The molecule has 0 fully saturated rings. The standard InChI is InChI=1S/C12H20N2S/c1-3-15-8-6-11(2)14-10-12-5-4-7-13-9-12/h4-5,7,9,11,14H,3,6,8,10H2,1-2H3. The average molecular weight is 224 g/mol. The van der Waals surface area contributed by atoms with Gasteiger partial charge in [0.2, 0.25) is 0 Å². The van der Waals surface area contributed by atoms with Crippen LogP contribution in [0.5, 0.6) is 0 Å². The van der Waals surface area contributed by atoms with E-state index in [-0.39, 0.29) is 0 Å². The van der Waals surface area contributed by atoms with Gasteiger partial charge in [-0.2, -0.15) is 11.8 Å². The van der Waals surface area contributed by atoms with Gasteiger partial charge >= 0.3 is 0 Å². The minimum atomic E-state index is 0.587. The van der Waals surface area contributed by atoms with E-state index in [9.17, 15) is 0 Å². The first kappa shape index (κ1) is 12.5. The summed E-state index contributed by atoms with van der Waals surface area (Å²) in [5.41, 5.74) is 1.26. The molecule has 0 amide bonds. The first-order chi connectivity index (χ1) is 7.33. The maximum absolute atomic E-state index is 4.09. The van der Waals surface area contributed by atoms with E-state index >= 15 is 0 Å². The number of hydrogen-bond donors (Lipinski definition) is 1. The Kier molecular flexibility index (Phi) is 6.44. The van der Waals surface area contributed by atoms with Gasteiger partial charge in [0.05, 0.1) is 0 Å². The Bertz CT molecular complexity index is 251. The Hall–Kier alpha value is -0.540. The second-order valence-electron chi connectivity index (χ2n) is 3.63. The molecule has 0 aliphatic rings. The molecule has 1 atom stereocenters. The number of thioether (sulfide) groups is 1. The topological polar surface area (TPSA) is 24.9 Å². The number of nitrogens with one attached hydrogen (secondary N) is 1. The molecule has 0 spiro atoms. The molecule has 1 heterocycles. The van der Waals surface area contributed by atoms with Gasteiger partial charge in [-0.1, -0.05) is 13.0 Å². The lowest BCUT2D eigenvalue weighted by molar-refractivity contribution is 0.537. The van der Waals surface area contributed by atoms with E-state index in [1.807, 2.05) is 30.2 Å². The lowest BCUT2D eigenvalue weighted by Crippen LogP contribution is -2.26. The molecule has 0 radical (unpaired) electrons. The van der Waals surface area contributed by atoms with E-state index in [0.29, 0.717) is 6.04 Å². The van der Waals surface area contributed by atoms with Crippen LogP contribution in [-0.2, 0) is 6.54 Å². The van der Waals surface area contributed by atoms with Crippen LogP contribution in [0.1, 0.15) is 25.8 Å². The highest BCUT2D eigenvalue weighted by atomic mass is 32.2. The molecule has 0 saturated heterocycles. The zero-order chi connectivity index (χ0) is 10.9. The van der Waals surface area contributed by atoms with Crippen molar-refractivity contribution in [2.75, 3.05) is 11.5 Å². The third-order valence-corrected chi connectivity index (χ3v) is 3.21. The summed E-state index contributed by atoms with van der Waals surface area (Å²) in [4.78, 5) is 4.09. The van der Waals surface area contributed by atoms with Gasteiger partial charge in [-0.05, 0) is 36.5 Å². The number of rotatable bonds is 7. The minimum Gasteiger partial charge on any atom is -0.310 e. The zero-order valence-electron chi connectivity index (χ0n) is 9.57. The third-order valence-electron chi connectivity index (χ3n) is 2.28. The number of aromatic nitrogens is 1. The molecule has 1 aromatic rings. The summed E-state index contributed by atoms with van der Waals surface area (Å²) in [6.07, 6.45) is 4.96. The van der Waals surface area contributed by atoms with Crippen LogP contribution in [0.2, 0.25) is 0 Å². The first-order valence-corrected chi connectivity index (χ1v) is 6.68. The van der Waals surface area contributed by atoms with Crippen LogP contribution < -0.4 is 5.32 Å². The van der Waals surface area contributed by atoms with Crippen molar-refractivity contribution in [3.8, 4) is 0 Å². The summed E-state index contributed by atoms with van der Waals surface area (Å²) in [6.45, 7) is 5.37. The van der Waals surface area contributed by atoms with Crippen molar-refractivity contribution in [2.45, 2.75) is 32.9 Å². The van der Waals surface area contributed by atoms with Crippen molar-refractivity contribution in [3.05, 3.63) is 30.1 Å². The highest BCUT2D eigenvalue weighted by Crippen LogP contribution is 2.04. The Morgan fingerprint density at radius 1 is 1.53 bits per heavy atom. The fourth-order valence-electron chi connectivity index (χ4n) is 1.30. The lowest BCUT2D eigenvalue weighted by atomic mass is 10.2. The summed E-state index contributed by atoms with van der Waals surface area (Å²) in [5.74, 6) is 2.47. The van der Waals surface area contributed by atoms with Gasteiger partial charge in [0.1, 0.15) is 0 Å². The molecule has 1 N–H and O–H groups in total. The van der Waals surface area contributed by atoms with Gasteiger partial charge in [-0.3, -0.25) is 4.98 Å². The SMILES string of the molecule is CCSCCC(C)NCc1cccnc1. The first-order valence-electron chi connectivity index (χ1n) is 5.53. The van der Waals surface area contributed by atoms with Crippen LogP contribution in [0.4, 0.5) is 0 Å². The number of pyridine rings is 1. The van der Waals surface area contributed by atoms with E-state index < -0.39 is 0 Å². The van der Waals surface area contributed by atoms with E-state index in [1.165, 1.54) is 23.5 Å². The summed E-state index contributed by atoms with van der Waals surface area (Å²) in [7, 11) is 0. The van der Waals surface area contributed by atoms with E-state index in [2.05, 4.69) is 30.2 Å². The fraction of sp³-hybridized carbons (Fsp3) is 0.583. The van der Waals surface area contributed by atoms with Crippen molar-refractivity contribution in [2.24, 2.45) is 0 Å². The monoisotopic (exact) mass is 224 g/mol. The molecular formula is C12H20N2S. The summed E-state index contributed by atoms with van der Waals surface area (Å²) in [6, 6.07) is 4.67. The molecule has 1 aromatic heterocycles. The Labute approximate surface area is 96.9 Å². The van der Waals surface area contributed by atoms with Crippen LogP contribution >= 0.6 is 11.8 Å². The fourth-order valence-corrected chi connectivity index (χ4v) is 2.11. The number of hydrogen-bond acceptors (Lipinski definition) is 3. The molecule has 0 aliphatic carbocycles. The normalized spacial score (nSPS) is 12.7. The van der Waals surface area contributed by atoms with Gasteiger partial charge in [-0.25, -0.2) is 0 Å². The van der Waals surface area contributed by atoms with Gasteiger partial charge in [0.15, 0.2) is 0 Å². The van der Waals surface area contributed by atoms with Crippen LogP contribution in [0.15, 0.2) is 24.5 Å². The minimum absolute atomic E-state index is 0.587. The zero-order valence-corrected chi connectivity index (χ0v) is 10.4. The van der Waals surface area contributed by atoms with Crippen LogP contribution in [0, 0.1) is 0 Å². The second-order valence-corrected chi connectivity index (χ2v) is 5.02. The van der Waals surface area contributed by atoms with E-state index in [4.69, 9.17) is 0 Å². The highest BCUT2D eigenvalue weighted by Gasteiger charge is 2.00. The van der Waals surface area contributed by atoms with E-state index in [0.717, 1.165) is 6.54 Å². The summed E-state index contributed by atoms with van der Waals surface area (Å²) >= 11 is 2.01. The molecular weight excluding hydrogens is 204 g/mol. The van der Waals surface area contributed by atoms with Gasteiger partial charge in [0, 0.05) is 25.0 Å². The Morgan fingerprint density at radius 3 is 3.07 bits per heavy atom. The smallest absolute Gasteiger partial charge is 0.0312 e. The van der Waals surface area contributed by atoms with Crippen molar-refractivity contribution < 1.29 is 0 Å². The molecule has 0 aromatic carbocycles. The second kappa shape index (κ2) is 7.71. The summed E-state index contributed by atoms with van der Waals surface area (Å²) < 4.78 is 0. The lowest BCUT2D eigenvalue weighted by Gasteiger charge is -2.12. The maximum Gasteiger partial charge on any atom is 0.0312 e. The average Bonchev–Trinajstić information content (AvgIpc) is 2.28. The van der Waals surface area contributed by atoms with Crippen LogP contribution in [0.3, 0.4) is 0 Å². The molecule has 0 aliphatic heterocycles. The molecule has 15 heavy (non-hydrogen) atoms. The number of nitrogens with zero attached hydrogens (tertiary/aromatic N) is 1. The van der Waals surface area contributed by atoms with Gasteiger partial charge < -0.3 is 5.32 Å².